The van der Waals surface area contributed by atoms with E-state index in [0.29, 0.717) is 35.8 Å². The van der Waals surface area contributed by atoms with Gasteiger partial charge in [-0.2, -0.15) is 0 Å². The summed E-state index contributed by atoms with van der Waals surface area (Å²) in [5.41, 5.74) is 1.50. The van der Waals surface area contributed by atoms with E-state index in [4.69, 9.17) is 9.15 Å². The predicted octanol–water partition coefficient (Wildman–Crippen LogP) is 2.73. The predicted molar refractivity (Wildman–Crippen MR) is 116 cm³/mol. The molecule has 2 amide bonds. The summed E-state index contributed by atoms with van der Waals surface area (Å²) in [6.07, 6.45) is 7.00. The number of likely N-dealkylation sites (tertiary alicyclic amines) is 1. The third-order valence-corrected chi connectivity index (χ3v) is 7.05. The molecule has 1 aliphatic carbocycles. The molecule has 4 rings (SSSR count). The van der Waals surface area contributed by atoms with Crippen LogP contribution in [0.15, 0.2) is 22.8 Å². The van der Waals surface area contributed by atoms with Crippen molar-refractivity contribution in [3.05, 3.63) is 40.2 Å². The van der Waals surface area contributed by atoms with Crippen molar-refractivity contribution in [2.45, 2.75) is 51.1 Å². The van der Waals surface area contributed by atoms with Gasteiger partial charge in [0.2, 0.25) is 11.8 Å². The van der Waals surface area contributed by atoms with E-state index >= 15 is 0 Å². The van der Waals surface area contributed by atoms with E-state index < -0.39 is 5.97 Å². The molecule has 1 fully saturated rings. The molecule has 166 valence electrons. The minimum Gasteiger partial charge on any atom is -0.467 e. The van der Waals surface area contributed by atoms with Crippen molar-refractivity contribution < 1.29 is 23.5 Å². The molecule has 0 saturated carbocycles. The van der Waals surface area contributed by atoms with E-state index in [-0.39, 0.29) is 24.4 Å². The zero-order valence-corrected chi connectivity index (χ0v) is 18.4. The number of hydrogen-bond donors (Lipinski definition) is 2. The Kier molecular flexibility index (Phi) is 6.72. The molecule has 9 heteroatoms. The number of methoxy groups -OCH3 is 1. The second-order valence-corrected chi connectivity index (χ2v) is 8.99. The molecule has 8 nitrogen and oxygen atoms in total. The summed E-state index contributed by atoms with van der Waals surface area (Å²) in [7, 11) is 1.36. The van der Waals surface area contributed by atoms with Crippen LogP contribution in [-0.2, 0) is 33.7 Å². The van der Waals surface area contributed by atoms with Crippen molar-refractivity contribution >= 4 is 34.1 Å². The summed E-state index contributed by atoms with van der Waals surface area (Å²) < 4.78 is 10.2. The minimum atomic E-state index is -0.411. The highest BCUT2D eigenvalue weighted by Gasteiger charge is 2.33. The molecule has 1 saturated heterocycles. The van der Waals surface area contributed by atoms with Crippen molar-refractivity contribution in [2.24, 2.45) is 0 Å². The number of rotatable bonds is 7. The highest BCUT2D eigenvalue weighted by molar-refractivity contribution is 7.17. The van der Waals surface area contributed by atoms with Gasteiger partial charge in [-0.3, -0.25) is 14.5 Å². The molecule has 0 unspecified atom stereocenters. The van der Waals surface area contributed by atoms with Crippen LogP contribution >= 0.6 is 11.3 Å². The number of fused-ring (bicyclic) bond motifs is 1. The van der Waals surface area contributed by atoms with E-state index in [0.717, 1.165) is 42.5 Å². The molecule has 2 aliphatic rings. The lowest BCUT2D eigenvalue weighted by Gasteiger charge is -2.22. The van der Waals surface area contributed by atoms with Gasteiger partial charge in [0, 0.05) is 4.88 Å². The first-order valence-corrected chi connectivity index (χ1v) is 11.5. The van der Waals surface area contributed by atoms with Gasteiger partial charge in [-0.1, -0.05) is 0 Å². The Labute approximate surface area is 184 Å². The van der Waals surface area contributed by atoms with Crippen LogP contribution in [-0.4, -0.2) is 48.9 Å². The highest BCUT2D eigenvalue weighted by atomic mass is 32.1. The standard InChI is InChI=1S/C22H27N3O5S/c1-29-22(28)19-15-7-2-3-9-17(15)31-21(19)24-18(26)13-25-10-4-8-16(25)20(27)23-12-14-6-5-11-30-14/h5-6,11,16H,2-4,7-10,12-13H2,1H3,(H,23,27)(H,24,26)/t16-/m1/s1. The quantitative estimate of drug-likeness (QED) is 0.636. The largest absolute Gasteiger partial charge is 0.467 e. The number of nitrogens with zero attached hydrogens (tertiary/aromatic N) is 1. The Balaban J connectivity index is 1.39. The van der Waals surface area contributed by atoms with Gasteiger partial charge in [0.25, 0.3) is 0 Å². The second kappa shape index (κ2) is 9.65. The topological polar surface area (TPSA) is 101 Å². The summed E-state index contributed by atoms with van der Waals surface area (Å²) in [5.74, 6) is -0.0586. The van der Waals surface area contributed by atoms with Gasteiger partial charge in [-0.15, -0.1) is 11.3 Å². The Bertz CT molecular complexity index is 953. The monoisotopic (exact) mass is 445 g/mol. The lowest BCUT2D eigenvalue weighted by Crippen LogP contribution is -2.45. The molecule has 2 aromatic heterocycles. The Morgan fingerprint density at radius 2 is 2.10 bits per heavy atom. The molecule has 3 heterocycles. The maximum atomic E-state index is 12.8. The molecule has 31 heavy (non-hydrogen) atoms. The summed E-state index contributed by atoms with van der Waals surface area (Å²) >= 11 is 1.46. The number of anilines is 1. The molecule has 1 atom stereocenters. The number of ether oxygens (including phenoxy) is 1. The van der Waals surface area contributed by atoms with E-state index in [1.807, 2.05) is 4.90 Å². The van der Waals surface area contributed by atoms with Crippen LogP contribution < -0.4 is 10.6 Å². The fraction of sp³-hybridized carbons (Fsp3) is 0.500. The number of amides is 2. The maximum absolute atomic E-state index is 12.8. The summed E-state index contributed by atoms with van der Waals surface area (Å²) in [6, 6.07) is 3.23. The van der Waals surface area contributed by atoms with E-state index in [2.05, 4.69) is 10.6 Å². The fourth-order valence-corrected chi connectivity index (χ4v) is 5.63. The Morgan fingerprint density at radius 3 is 2.87 bits per heavy atom. The first-order chi connectivity index (χ1) is 15.1. The summed E-state index contributed by atoms with van der Waals surface area (Å²) in [6.45, 7) is 1.10. The molecule has 0 bridgehead atoms. The van der Waals surface area contributed by atoms with Crippen LogP contribution in [0.4, 0.5) is 5.00 Å². The molecular formula is C22H27N3O5S. The van der Waals surface area contributed by atoms with Crippen molar-refractivity contribution in [1.82, 2.24) is 10.2 Å². The van der Waals surface area contributed by atoms with E-state index in [1.54, 1.807) is 18.4 Å². The first kappa shape index (κ1) is 21.6. The molecule has 2 N–H and O–H groups in total. The lowest BCUT2D eigenvalue weighted by atomic mass is 9.95. The highest BCUT2D eigenvalue weighted by Crippen LogP contribution is 2.38. The third kappa shape index (κ3) is 4.83. The van der Waals surface area contributed by atoms with Crippen LogP contribution in [0, 0.1) is 0 Å². The van der Waals surface area contributed by atoms with Gasteiger partial charge < -0.3 is 19.8 Å². The van der Waals surface area contributed by atoms with Gasteiger partial charge in [0.15, 0.2) is 0 Å². The number of thiophene rings is 1. The fourth-order valence-electron chi connectivity index (χ4n) is 4.34. The smallest absolute Gasteiger partial charge is 0.341 e. The van der Waals surface area contributed by atoms with Gasteiger partial charge in [0.1, 0.15) is 10.8 Å². The summed E-state index contributed by atoms with van der Waals surface area (Å²) in [4.78, 5) is 40.8. The maximum Gasteiger partial charge on any atom is 0.341 e. The lowest BCUT2D eigenvalue weighted by molar-refractivity contribution is -0.126. The van der Waals surface area contributed by atoms with Crippen LogP contribution in [0.1, 0.15) is 52.2 Å². The van der Waals surface area contributed by atoms with Gasteiger partial charge in [-0.25, -0.2) is 4.79 Å². The number of hydrogen-bond acceptors (Lipinski definition) is 7. The molecule has 0 radical (unpaired) electrons. The van der Waals surface area contributed by atoms with Crippen LogP contribution in [0.3, 0.4) is 0 Å². The van der Waals surface area contributed by atoms with E-state index in [1.165, 1.54) is 18.4 Å². The number of nitrogens with one attached hydrogen (secondary N) is 2. The third-order valence-electron chi connectivity index (χ3n) is 5.84. The zero-order chi connectivity index (χ0) is 21.8. The first-order valence-electron chi connectivity index (χ1n) is 10.6. The van der Waals surface area contributed by atoms with Crippen LogP contribution in [0.2, 0.25) is 0 Å². The van der Waals surface area contributed by atoms with Crippen LogP contribution in [0.5, 0.6) is 0 Å². The van der Waals surface area contributed by atoms with Crippen molar-refractivity contribution in [3.63, 3.8) is 0 Å². The average molecular weight is 446 g/mol. The molecule has 0 aromatic carbocycles. The molecule has 1 aliphatic heterocycles. The molecule has 0 spiro atoms. The van der Waals surface area contributed by atoms with E-state index in [9.17, 15) is 14.4 Å². The van der Waals surface area contributed by atoms with Gasteiger partial charge in [-0.05, 0) is 62.8 Å². The summed E-state index contributed by atoms with van der Waals surface area (Å²) in [5, 5.41) is 6.35. The number of carbonyl (C=O) groups excluding carboxylic acids is 3. The van der Waals surface area contributed by atoms with Crippen LogP contribution in [0.25, 0.3) is 0 Å². The number of furan rings is 1. The number of aryl methyl sites for hydroxylation is 1. The SMILES string of the molecule is COC(=O)c1c(NC(=O)CN2CCC[C@@H]2C(=O)NCc2ccco2)sc2c1CCCC2. The average Bonchev–Trinajstić information content (AvgIpc) is 3.51. The van der Waals surface area contributed by atoms with Gasteiger partial charge in [0.05, 0.1) is 38.1 Å². The van der Waals surface area contributed by atoms with Gasteiger partial charge >= 0.3 is 5.97 Å². The van der Waals surface area contributed by atoms with Crippen molar-refractivity contribution in [3.8, 4) is 0 Å². The normalized spacial score (nSPS) is 18.4. The Hall–Kier alpha value is -2.65. The minimum absolute atomic E-state index is 0.0992. The molecule has 2 aromatic rings. The Morgan fingerprint density at radius 1 is 1.26 bits per heavy atom. The number of esters is 1. The van der Waals surface area contributed by atoms with Crippen molar-refractivity contribution in [1.29, 1.82) is 0 Å². The van der Waals surface area contributed by atoms with Crippen molar-refractivity contribution in [2.75, 3.05) is 25.5 Å². The number of carbonyl (C=O) groups is 3. The second-order valence-electron chi connectivity index (χ2n) is 7.88. The zero-order valence-electron chi connectivity index (χ0n) is 17.6. The molecular weight excluding hydrogens is 418 g/mol.